The molecular weight excluding hydrogens is 438 g/mol. The standard InChI is InChI=1S/C28H31N5O2/c29-27-21-7-8-33(28(21)31-14-30-27)24-13-18(25(34)26(24)35)4-2-15-1-3-17-10-20-11-19(16-5-6-16)12-23(20)32-22(17)9-15/h1,3,7-10,14,16,18-19,24-26,34-35H,2,4-6,11-13H2,(H2,29,30,31)/t18-,19+,24+,25+,26-/m0/s1. The summed E-state index contributed by atoms with van der Waals surface area (Å²) in [4.78, 5) is 13.5. The summed E-state index contributed by atoms with van der Waals surface area (Å²) in [5.74, 6) is 2.16. The van der Waals surface area contributed by atoms with Crippen LogP contribution in [0.5, 0.6) is 0 Å². The van der Waals surface area contributed by atoms with Crippen LogP contribution in [0, 0.1) is 17.8 Å². The smallest absolute Gasteiger partial charge is 0.145 e. The zero-order valence-electron chi connectivity index (χ0n) is 19.7. The number of pyridine rings is 1. The zero-order chi connectivity index (χ0) is 23.7. The summed E-state index contributed by atoms with van der Waals surface area (Å²) >= 11 is 0. The molecule has 0 aliphatic heterocycles. The third-order valence-corrected chi connectivity index (χ3v) is 8.75. The molecule has 180 valence electrons. The summed E-state index contributed by atoms with van der Waals surface area (Å²) in [6, 6.07) is 10.6. The van der Waals surface area contributed by atoms with Crippen molar-refractivity contribution in [3.63, 3.8) is 0 Å². The summed E-state index contributed by atoms with van der Waals surface area (Å²) in [7, 11) is 0. The van der Waals surface area contributed by atoms with E-state index in [9.17, 15) is 10.2 Å². The molecule has 35 heavy (non-hydrogen) atoms. The minimum Gasteiger partial charge on any atom is -0.390 e. The van der Waals surface area contributed by atoms with E-state index in [1.54, 1.807) is 0 Å². The summed E-state index contributed by atoms with van der Waals surface area (Å²) in [6.07, 6.45) is 9.20. The number of aliphatic hydroxyl groups excluding tert-OH is 2. The molecule has 0 radical (unpaired) electrons. The van der Waals surface area contributed by atoms with Crippen molar-refractivity contribution < 1.29 is 10.2 Å². The SMILES string of the molecule is Nc1ncnc2c1ccn2[C@@H]1C[C@H](CCc2ccc3cc4c(nc3c2)C[C@H](C2CC2)C4)[C@@H](O)[C@H]1O. The fraction of sp³-hybridized carbons (Fsp3) is 0.464. The lowest BCUT2D eigenvalue weighted by Gasteiger charge is -2.19. The zero-order valence-corrected chi connectivity index (χ0v) is 19.7. The van der Waals surface area contributed by atoms with Gasteiger partial charge in [-0.3, -0.25) is 4.98 Å². The molecule has 3 aromatic heterocycles. The van der Waals surface area contributed by atoms with E-state index in [0.29, 0.717) is 17.9 Å². The van der Waals surface area contributed by atoms with Gasteiger partial charge in [-0.05, 0) is 92.0 Å². The lowest BCUT2D eigenvalue weighted by atomic mass is 9.95. The minimum atomic E-state index is -0.841. The number of nitrogens with zero attached hydrogens (tertiary/aromatic N) is 4. The predicted octanol–water partition coefficient (Wildman–Crippen LogP) is 3.60. The average molecular weight is 470 g/mol. The number of nitrogens with two attached hydrogens (primary N) is 1. The number of nitrogen functional groups attached to an aromatic ring is 1. The molecule has 0 amide bonds. The van der Waals surface area contributed by atoms with Crippen LogP contribution in [0.1, 0.15) is 48.5 Å². The number of aromatic nitrogens is 4. The Morgan fingerprint density at radius 2 is 1.89 bits per heavy atom. The van der Waals surface area contributed by atoms with E-state index in [4.69, 9.17) is 10.7 Å². The second kappa shape index (κ2) is 8.00. The van der Waals surface area contributed by atoms with Crippen molar-refractivity contribution in [2.75, 3.05) is 5.73 Å². The van der Waals surface area contributed by atoms with Gasteiger partial charge in [0.2, 0.25) is 0 Å². The number of hydrogen-bond acceptors (Lipinski definition) is 6. The number of benzene rings is 1. The van der Waals surface area contributed by atoms with Crippen LogP contribution in [0.4, 0.5) is 5.82 Å². The van der Waals surface area contributed by atoms with E-state index < -0.39 is 12.2 Å². The Morgan fingerprint density at radius 1 is 1.00 bits per heavy atom. The van der Waals surface area contributed by atoms with Gasteiger partial charge in [0.15, 0.2) is 0 Å². The highest BCUT2D eigenvalue weighted by Crippen LogP contribution is 2.44. The molecule has 4 aromatic rings. The molecule has 2 fully saturated rings. The van der Waals surface area contributed by atoms with Gasteiger partial charge in [0.25, 0.3) is 0 Å². The Balaban J connectivity index is 1.07. The second-order valence-electron chi connectivity index (χ2n) is 10.9. The Bertz CT molecular complexity index is 1430. The molecule has 7 nitrogen and oxygen atoms in total. The monoisotopic (exact) mass is 469 g/mol. The lowest BCUT2D eigenvalue weighted by molar-refractivity contribution is 0.00545. The number of aryl methyl sites for hydroxylation is 1. The summed E-state index contributed by atoms with van der Waals surface area (Å²) < 4.78 is 1.94. The number of anilines is 1. The first-order chi connectivity index (χ1) is 17.0. The largest absolute Gasteiger partial charge is 0.390 e. The van der Waals surface area contributed by atoms with E-state index in [1.165, 1.54) is 47.8 Å². The fourth-order valence-electron chi connectivity index (χ4n) is 6.58. The Hall–Kier alpha value is -3.03. The van der Waals surface area contributed by atoms with Gasteiger partial charge in [-0.2, -0.15) is 0 Å². The number of hydrogen-bond donors (Lipinski definition) is 3. The van der Waals surface area contributed by atoms with Crippen molar-refractivity contribution in [1.29, 1.82) is 0 Å². The van der Waals surface area contributed by atoms with Gasteiger partial charge in [-0.25, -0.2) is 9.97 Å². The molecule has 3 heterocycles. The van der Waals surface area contributed by atoms with E-state index in [-0.39, 0.29) is 12.0 Å². The molecule has 5 atom stereocenters. The van der Waals surface area contributed by atoms with Gasteiger partial charge in [0, 0.05) is 17.3 Å². The van der Waals surface area contributed by atoms with Crippen molar-refractivity contribution in [2.24, 2.45) is 17.8 Å². The van der Waals surface area contributed by atoms with Gasteiger partial charge in [0.05, 0.1) is 23.0 Å². The van der Waals surface area contributed by atoms with E-state index in [2.05, 4.69) is 34.2 Å². The predicted molar refractivity (Wildman–Crippen MR) is 135 cm³/mol. The van der Waals surface area contributed by atoms with Gasteiger partial charge in [0.1, 0.15) is 23.9 Å². The second-order valence-corrected chi connectivity index (χ2v) is 10.9. The molecule has 4 N–H and O–H groups in total. The highest BCUT2D eigenvalue weighted by Gasteiger charge is 2.42. The Morgan fingerprint density at radius 3 is 2.74 bits per heavy atom. The van der Waals surface area contributed by atoms with E-state index in [1.807, 2.05) is 16.8 Å². The number of rotatable bonds is 5. The van der Waals surface area contributed by atoms with Crippen molar-refractivity contribution >= 4 is 27.8 Å². The van der Waals surface area contributed by atoms with Crippen LogP contribution in [0.15, 0.2) is 42.9 Å². The molecule has 7 rings (SSSR count). The van der Waals surface area contributed by atoms with Crippen LogP contribution < -0.4 is 5.73 Å². The van der Waals surface area contributed by atoms with Crippen LogP contribution in [0.3, 0.4) is 0 Å². The van der Waals surface area contributed by atoms with Crippen LogP contribution >= 0.6 is 0 Å². The highest BCUT2D eigenvalue weighted by atomic mass is 16.3. The molecule has 1 aromatic carbocycles. The maximum atomic E-state index is 10.9. The summed E-state index contributed by atoms with van der Waals surface area (Å²) in [5.41, 5.74) is 11.7. The van der Waals surface area contributed by atoms with Gasteiger partial charge in [-0.15, -0.1) is 0 Å². The molecule has 7 heteroatoms. The first kappa shape index (κ1) is 21.3. The molecule has 0 bridgehead atoms. The minimum absolute atomic E-state index is 0.00890. The Labute approximate surface area is 204 Å². The van der Waals surface area contributed by atoms with Gasteiger partial charge < -0.3 is 20.5 Å². The summed E-state index contributed by atoms with van der Waals surface area (Å²) in [5, 5.41) is 23.7. The van der Waals surface area contributed by atoms with Gasteiger partial charge in [-0.1, -0.05) is 12.1 Å². The fourth-order valence-corrected chi connectivity index (χ4v) is 6.58. The van der Waals surface area contributed by atoms with Crippen LogP contribution in [-0.4, -0.2) is 41.9 Å². The maximum absolute atomic E-state index is 10.9. The van der Waals surface area contributed by atoms with Crippen LogP contribution in [-0.2, 0) is 19.3 Å². The lowest BCUT2D eigenvalue weighted by Crippen LogP contribution is -2.29. The van der Waals surface area contributed by atoms with Crippen LogP contribution in [0.25, 0.3) is 21.9 Å². The van der Waals surface area contributed by atoms with Crippen molar-refractivity contribution in [2.45, 2.75) is 63.2 Å². The molecule has 3 aliphatic rings. The van der Waals surface area contributed by atoms with Crippen molar-refractivity contribution in [3.05, 3.63) is 59.7 Å². The average Bonchev–Trinajstić information content (AvgIpc) is 3.39. The van der Waals surface area contributed by atoms with Crippen molar-refractivity contribution in [1.82, 2.24) is 19.5 Å². The molecule has 0 unspecified atom stereocenters. The highest BCUT2D eigenvalue weighted by molar-refractivity contribution is 5.86. The van der Waals surface area contributed by atoms with Crippen LogP contribution in [0.2, 0.25) is 0 Å². The topological polar surface area (TPSA) is 110 Å². The number of fused-ring (bicyclic) bond motifs is 3. The third kappa shape index (κ3) is 3.60. The van der Waals surface area contributed by atoms with Crippen molar-refractivity contribution in [3.8, 4) is 0 Å². The normalized spacial score (nSPS) is 28.2. The maximum Gasteiger partial charge on any atom is 0.145 e. The quantitative estimate of drug-likeness (QED) is 0.412. The third-order valence-electron chi connectivity index (χ3n) is 8.75. The van der Waals surface area contributed by atoms with Gasteiger partial charge >= 0.3 is 0 Å². The van der Waals surface area contributed by atoms with E-state index >= 15 is 0 Å². The molecular formula is C28H31N5O2. The number of aliphatic hydroxyl groups is 2. The molecule has 0 saturated heterocycles. The first-order valence-corrected chi connectivity index (χ1v) is 12.9. The summed E-state index contributed by atoms with van der Waals surface area (Å²) in [6.45, 7) is 0. The molecule has 3 aliphatic carbocycles. The Kier molecular flexibility index (Phi) is 4.86. The molecule has 2 saturated carbocycles. The van der Waals surface area contributed by atoms with E-state index in [0.717, 1.165) is 42.0 Å². The first-order valence-electron chi connectivity index (χ1n) is 12.9. The molecule has 0 spiro atoms.